The molecule has 0 heterocycles. The summed E-state index contributed by atoms with van der Waals surface area (Å²) in [5.41, 5.74) is 7.52. The smallest absolute Gasteiger partial charge is 0.228 e. The highest BCUT2D eigenvalue weighted by Crippen LogP contribution is 2.44. The Hall–Kier alpha value is -3.31. The minimum atomic E-state index is -0.302. The standard InChI is InChI=1S/C28H27FN2OS/c1-18-25(15-19-5-12-23(33-4)13-6-19)24-14-7-20(29)16-27(24)26(18)17-28(32)30-21-8-10-22(11-9-21)31(2)3/h5-16H,17H2,1-4H3,(H,30,32)/b25-15-. The van der Waals surface area contributed by atoms with Gasteiger partial charge in [-0.15, -0.1) is 11.8 Å². The van der Waals surface area contributed by atoms with Crippen LogP contribution in [-0.4, -0.2) is 26.3 Å². The van der Waals surface area contributed by atoms with Gasteiger partial charge in [0.2, 0.25) is 5.91 Å². The summed E-state index contributed by atoms with van der Waals surface area (Å²) in [6.45, 7) is 2.01. The number of carbonyl (C=O) groups excluding carboxylic acids is 1. The van der Waals surface area contributed by atoms with Crippen LogP contribution in [0.1, 0.15) is 30.0 Å². The Morgan fingerprint density at radius 1 is 1.00 bits per heavy atom. The van der Waals surface area contributed by atoms with Crippen LogP contribution >= 0.6 is 11.8 Å². The van der Waals surface area contributed by atoms with E-state index in [1.807, 2.05) is 50.2 Å². The molecule has 3 nitrogen and oxygen atoms in total. The summed E-state index contributed by atoms with van der Waals surface area (Å²) in [5.74, 6) is -0.424. The van der Waals surface area contributed by atoms with Crippen LogP contribution in [0.5, 0.6) is 0 Å². The van der Waals surface area contributed by atoms with Gasteiger partial charge in [0, 0.05) is 30.4 Å². The lowest BCUT2D eigenvalue weighted by atomic mass is 10.0. The molecule has 168 valence electrons. The highest BCUT2D eigenvalue weighted by atomic mass is 32.2. The minimum absolute atomic E-state index is 0.122. The van der Waals surface area contributed by atoms with Crippen molar-refractivity contribution in [1.29, 1.82) is 0 Å². The number of anilines is 2. The molecule has 0 aromatic heterocycles. The van der Waals surface area contributed by atoms with Crippen LogP contribution in [0.25, 0.3) is 17.2 Å². The lowest BCUT2D eigenvalue weighted by Crippen LogP contribution is -2.13. The number of fused-ring (bicyclic) bond motifs is 1. The first-order valence-electron chi connectivity index (χ1n) is 10.8. The number of thioether (sulfide) groups is 1. The first-order valence-corrected chi connectivity index (χ1v) is 12.0. The maximum Gasteiger partial charge on any atom is 0.228 e. The van der Waals surface area contributed by atoms with Gasteiger partial charge in [0.15, 0.2) is 0 Å². The first kappa shape index (κ1) is 22.9. The predicted molar refractivity (Wildman–Crippen MR) is 139 cm³/mol. The van der Waals surface area contributed by atoms with Crippen molar-refractivity contribution in [3.05, 3.63) is 94.8 Å². The third-order valence-corrected chi connectivity index (χ3v) is 6.63. The van der Waals surface area contributed by atoms with Gasteiger partial charge in [0.25, 0.3) is 0 Å². The van der Waals surface area contributed by atoms with Crippen LogP contribution < -0.4 is 10.2 Å². The minimum Gasteiger partial charge on any atom is -0.378 e. The number of halogens is 1. The van der Waals surface area contributed by atoms with Gasteiger partial charge in [-0.1, -0.05) is 18.2 Å². The second-order valence-electron chi connectivity index (χ2n) is 8.29. The Morgan fingerprint density at radius 2 is 1.70 bits per heavy atom. The van der Waals surface area contributed by atoms with E-state index in [9.17, 15) is 9.18 Å². The number of nitrogens with one attached hydrogen (secondary N) is 1. The van der Waals surface area contributed by atoms with E-state index in [1.54, 1.807) is 17.8 Å². The predicted octanol–water partition coefficient (Wildman–Crippen LogP) is 6.97. The van der Waals surface area contributed by atoms with E-state index >= 15 is 0 Å². The number of amides is 1. The molecule has 1 aliphatic carbocycles. The van der Waals surface area contributed by atoms with E-state index in [0.29, 0.717) is 0 Å². The SMILES string of the molecule is CSc1ccc(/C=C2/C(C)=C(CC(=O)Nc3ccc(N(C)C)cc3)c3cc(F)ccc32)cc1. The molecule has 0 spiro atoms. The maximum atomic E-state index is 14.1. The Kier molecular flexibility index (Phi) is 6.70. The normalized spacial score (nSPS) is 13.9. The van der Waals surface area contributed by atoms with Crippen LogP contribution in [0, 0.1) is 5.82 Å². The number of carbonyl (C=O) groups is 1. The van der Waals surface area contributed by atoms with Crippen LogP contribution in [0.3, 0.4) is 0 Å². The number of hydrogen-bond donors (Lipinski definition) is 1. The molecular formula is C28H27FN2OS. The van der Waals surface area contributed by atoms with Gasteiger partial charge in [-0.25, -0.2) is 4.39 Å². The van der Waals surface area contributed by atoms with Crippen LogP contribution in [0.15, 0.2) is 77.2 Å². The second-order valence-corrected chi connectivity index (χ2v) is 9.17. The van der Waals surface area contributed by atoms with Crippen LogP contribution in [0.4, 0.5) is 15.8 Å². The van der Waals surface area contributed by atoms with Crippen LogP contribution in [-0.2, 0) is 4.79 Å². The Labute approximate surface area is 199 Å². The molecule has 4 rings (SSSR count). The second kappa shape index (κ2) is 9.67. The highest BCUT2D eigenvalue weighted by molar-refractivity contribution is 7.98. The molecule has 3 aromatic rings. The average molecular weight is 459 g/mol. The van der Waals surface area contributed by atoms with Crippen molar-refractivity contribution >= 4 is 46.3 Å². The molecule has 0 saturated heterocycles. The molecule has 0 saturated carbocycles. The number of allylic oxidation sites excluding steroid dienone is 2. The molecule has 0 radical (unpaired) electrons. The summed E-state index contributed by atoms with van der Waals surface area (Å²) in [7, 11) is 3.95. The lowest BCUT2D eigenvalue weighted by Gasteiger charge is -2.13. The third-order valence-electron chi connectivity index (χ3n) is 5.89. The summed E-state index contributed by atoms with van der Waals surface area (Å²) in [5, 5.41) is 2.97. The molecule has 3 aromatic carbocycles. The van der Waals surface area contributed by atoms with Gasteiger partial charge >= 0.3 is 0 Å². The van der Waals surface area contributed by atoms with Gasteiger partial charge in [0.05, 0.1) is 6.42 Å². The maximum absolute atomic E-state index is 14.1. The summed E-state index contributed by atoms with van der Waals surface area (Å²) in [6, 6.07) is 20.9. The van der Waals surface area contributed by atoms with Gasteiger partial charge in [0.1, 0.15) is 5.82 Å². The van der Waals surface area contributed by atoms with Gasteiger partial charge in [-0.2, -0.15) is 0 Å². The molecule has 33 heavy (non-hydrogen) atoms. The molecule has 0 unspecified atom stereocenters. The van der Waals surface area contributed by atoms with E-state index < -0.39 is 0 Å². The van der Waals surface area contributed by atoms with E-state index in [2.05, 4.69) is 41.9 Å². The van der Waals surface area contributed by atoms with Crippen molar-refractivity contribution in [2.75, 3.05) is 30.6 Å². The van der Waals surface area contributed by atoms with E-state index in [4.69, 9.17) is 0 Å². The summed E-state index contributed by atoms with van der Waals surface area (Å²) < 4.78 is 14.1. The topological polar surface area (TPSA) is 32.3 Å². The molecule has 1 N–H and O–H groups in total. The molecule has 5 heteroatoms. The van der Waals surface area contributed by atoms with Crippen molar-refractivity contribution in [3.63, 3.8) is 0 Å². The number of benzene rings is 3. The zero-order chi connectivity index (χ0) is 23.5. The van der Waals surface area contributed by atoms with Gasteiger partial charge in [-0.05, 0) is 101 Å². The Balaban J connectivity index is 1.62. The van der Waals surface area contributed by atoms with E-state index in [0.717, 1.165) is 44.8 Å². The molecule has 1 aliphatic rings. The Bertz CT molecular complexity index is 1240. The monoisotopic (exact) mass is 458 g/mol. The van der Waals surface area contributed by atoms with Crippen molar-refractivity contribution in [1.82, 2.24) is 0 Å². The van der Waals surface area contributed by atoms with Crippen molar-refractivity contribution in [2.45, 2.75) is 18.2 Å². The fourth-order valence-corrected chi connectivity index (χ4v) is 4.47. The summed E-state index contributed by atoms with van der Waals surface area (Å²) in [6.07, 6.45) is 4.34. The van der Waals surface area contributed by atoms with Crippen molar-refractivity contribution in [2.24, 2.45) is 0 Å². The highest BCUT2D eigenvalue weighted by Gasteiger charge is 2.25. The quantitative estimate of drug-likeness (QED) is 0.405. The van der Waals surface area contributed by atoms with Crippen molar-refractivity contribution < 1.29 is 9.18 Å². The van der Waals surface area contributed by atoms with E-state index in [-0.39, 0.29) is 18.1 Å². The van der Waals surface area contributed by atoms with Crippen LogP contribution in [0.2, 0.25) is 0 Å². The average Bonchev–Trinajstić information content (AvgIpc) is 3.05. The zero-order valence-corrected chi connectivity index (χ0v) is 20.1. The third kappa shape index (κ3) is 5.04. The molecule has 0 fully saturated rings. The fourth-order valence-electron chi connectivity index (χ4n) is 4.06. The zero-order valence-electron chi connectivity index (χ0n) is 19.3. The van der Waals surface area contributed by atoms with Crippen molar-refractivity contribution in [3.8, 4) is 0 Å². The molecular weight excluding hydrogens is 431 g/mol. The summed E-state index contributed by atoms with van der Waals surface area (Å²) in [4.78, 5) is 16.1. The molecule has 0 aliphatic heterocycles. The molecule has 0 bridgehead atoms. The molecule has 1 amide bonds. The Morgan fingerprint density at radius 3 is 2.33 bits per heavy atom. The first-order chi connectivity index (χ1) is 15.9. The molecule has 0 atom stereocenters. The number of hydrogen-bond acceptors (Lipinski definition) is 3. The number of rotatable bonds is 6. The summed E-state index contributed by atoms with van der Waals surface area (Å²) >= 11 is 1.70. The largest absolute Gasteiger partial charge is 0.378 e. The van der Waals surface area contributed by atoms with Gasteiger partial charge in [-0.3, -0.25) is 4.79 Å². The van der Waals surface area contributed by atoms with E-state index in [1.165, 1.54) is 17.0 Å². The lowest BCUT2D eigenvalue weighted by molar-refractivity contribution is -0.115. The van der Waals surface area contributed by atoms with Gasteiger partial charge < -0.3 is 10.2 Å². The number of nitrogens with zero attached hydrogens (tertiary/aromatic N) is 1. The fraction of sp³-hybridized carbons (Fsp3) is 0.179.